The molecule has 1 N–H and O–H groups in total. The maximum absolute atomic E-state index is 11.8. The largest absolute Gasteiger partial charge is 0.477 e. The normalized spacial score (nSPS) is 38.1. The summed E-state index contributed by atoms with van der Waals surface area (Å²) < 4.78 is 5.36. The number of rotatable bonds is 2. The molecule has 5 rings (SSSR count). The second kappa shape index (κ2) is 4.21. The van der Waals surface area contributed by atoms with Gasteiger partial charge in [-0.15, -0.1) is 0 Å². The summed E-state index contributed by atoms with van der Waals surface area (Å²) in [6, 6.07) is 3.13. The monoisotopic (exact) mass is 274 g/mol. The molecule has 1 aromatic rings. The van der Waals surface area contributed by atoms with Crippen molar-refractivity contribution in [3.8, 4) is 0 Å². The first-order valence-corrected chi connectivity index (χ1v) is 7.49. The molecule has 1 heterocycles. The minimum absolute atomic E-state index is 0.266. The summed E-state index contributed by atoms with van der Waals surface area (Å²) in [5.41, 5.74) is -0.971. The standard InChI is InChI=1S/C16H18O4/c17-15(18)12-1-2-13(20-16(12)19)14-10-4-8-3-9(6-10)7-11(14)5-8/h1-2,8-11,14H,3-7H2,(H,17,18). The zero-order valence-corrected chi connectivity index (χ0v) is 11.2. The summed E-state index contributed by atoms with van der Waals surface area (Å²) >= 11 is 0. The van der Waals surface area contributed by atoms with Gasteiger partial charge in [0.15, 0.2) is 0 Å². The molecule has 0 unspecified atom stereocenters. The van der Waals surface area contributed by atoms with Gasteiger partial charge in [-0.05, 0) is 67.9 Å². The van der Waals surface area contributed by atoms with Crippen molar-refractivity contribution in [2.24, 2.45) is 23.7 Å². The molecule has 0 radical (unpaired) electrons. The average Bonchev–Trinajstić information content (AvgIpc) is 2.37. The first-order chi connectivity index (χ1) is 9.61. The van der Waals surface area contributed by atoms with E-state index in [1.54, 1.807) is 6.07 Å². The summed E-state index contributed by atoms with van der Waals surface area (Å²) in [4.78, 5) is 22.7. The molecule has 106 valence electrons. The Hall–Kier alpha value is -1.58. The smallest absolute Gasteiger partial charge is 0.350 e. The Morgan fingerprint density at radius 3 is 2.15 bits per heavy atom. The molecule has 0 aliphatic heterocycles. The number of carboxylic acids is 1. The van der Waals surface area contributed by atoms with E-state index in [1.165, 1.54) is 38.2 Å². The second-order valence-corrected chi connectivity index (χ2v) is 6.80. The van der Waals surface area contributed by atoms with Gasteiger partial charge in [0, 0.05) is 5.92 Å². The summed E-state index contributed by atoms with van der Waals surface area (Å²) in [6.07, 6.45) is 6.40. The lowest BCUT2D eigenvalue weighted by Crippen LogP contribution is -2.44. The van der Waals surface area contributed by atoms with Crippen LogP contribution in [0.4, 0.5) is 0 Å². The van der Waals surface area contributed by atoms with E-state index in [1.807, 2.05) is 0 Å². The Labute approximate surface area is 116 Å². The molecule has 4 nitrogen and oxygen atoms in total. The van der Waals surface area contributed by atoms with E-state index in [-0.39, 0.29) is 5.56 Å². The Kier molecular flexibility index (Phi) is 2.56. The molecule has 0 atom stereocenters. The fourth-order valence-electron chi connectivity index (χ4n) is 5.16. The average molecular weight is 274 g/mol. The van der Waals surface area contributed by atoms with Gasteiger partial charge >= 0.3 is 11.6 Å². The second-order valence-electron chi connectivity index (χ2n) is 6.80. The van der Waals surface area contributed by atoms with Crippen molar-refractivity contribution >= 4 is 5.97 Å². The summed E-state index contributed by atoms with van der Waals surface area (Å²) in [7, 11) is 0. The highest BCUT2D eigenvalue weighted by Crippen LogP contribution is 2.59. The molecule has 1 aromatic heterocycles. The highest BCUT2D eigenvalue weighted by molar-refractivity contribution is 5.86. The first kappa shape index (κ1) is 12.2. The maximum atomic E-state index is 11.8. The van der Waals surface area contributed by atoms with Crippen molar-refractivity contribution in [3.05, 3.63) is 33.9 Å². The molecule has 0 amide bonds. The van der Waals surface area contributed by atoms with Crippen molar-refractivity contribution in [1.29, 1.82) is 0 Å². The van der Waals surface area contributed by atoms with Crippen LogP contribution in [0.3, 0.4) is 0 Å². The lowest BCUT2D eigenvalue weighted by atomic mass is 9.51. The molecular formula is C16H18O4. The predicted octanol–water partition coefficient (Wildman–Crippen LogP) is 2.88. The van der Waals surface area contributed by atoms with E-state index in [4.69, 9.17) is 9.52 Å². The van der Waals surface area contributed by atoms with Crippen molar-refractivity contribution in [2.75, 3.05) is 0 Å². The minimum Gasteiger partial charge on any atom is -0.477 e. The lowest BCUT2D eigenvalue weighted by molar-refractivity contribution is -0.0106. The van der Waals surface area contributed by atoms with Crippen LogP contribution in [-0.2, 0) is 0 Å². The summed E-state index contributed by atoms with van der Waals surface area (Å²) in [5, 5.41) is 8.91. The zero-order chi connectivity index (χ0) is 13.9. The molecule has 4 aliphatic rings. The van der Waals surface area contributed by atoms with Gasteiger partial charge in [0.1, 0.15) is 11.3 Å². The van der Waals surface area contributed by atoms with E-state index >= 15 is 0 Å². The molecule has 4 bridgehead atoms. The Bertz CT molecular complexity index is 587. The van der Waals surface area contributed by atoms with Gasteiger partial charge < -0.3 is 9.52 Å². The van der Waals surface area contributed by atoms with Crippen LogP contribution in [0.25, 0.3) is 0 Å². The topological polar surface area (TPSA) is 67.5 Å². The van der Waals surface area contributed by atoms with Gasteiger partial charge in [-0.25, -0.2) is 9.59 Å². The van der Waals surface area contributed by atoms with Gasteiger partial charge in [0.2, 0.25) is 0 Å². The van der Waals surface area contributed by atoms with Crippen LogP contribution >= 0.6 is 0 Å². The summed E-state index contributed by atoms with van der Waals surface area (Å²) in [5.74, 6) is 2.84. The fourth-order valence-corrected chi connectivity index (χ4v) is 5.16. The lowest BCUT2D eigenvalue weighted by Gasteiger charge is -2.53. The van der Waals surface area contributed by atoms with Crippen LogP contribution in [0.2, 0.25) is 0 Å². The molecule has 20 heavy (non-hydrogen) atoms. The quantitative estimate of drug-likeness (QED) is 0.900. The Morgan fingerprint density at radius 1 is 1.05 bits per heavy atom. The number of carbonyl (C=O) groups is 1. The van der Waals surface area contributed by atoms with E-state index in [0.717, 1.165) is 11.8 Å². The Morgan fingerprint density at radius 2 is 1.65 bits per heavy atom. The van der Waals surface area contributed by atoms with Crippen molar-refractivity contribution in [3.63, 3.8) is 0 Å². The third-order valence-corrected chi connectivity index (χ3v) is 5.63. The van der Waals surface area contributed by atoms with Crippen LogP contribution in [0.5, 0.6) is 0 Å². The number of hydrogen-bond acceptors (Lipinski definition) is 3. The van der Waals surface area contributed by atoms with Crippen LogP contribution in [0, 0.1) is 23.7 Å². The Balaban J connectivity index is 1.69. The molecule has 0 spiro atoms. The van der Waals surface area contributed by atoms with Crippen LogP contribution in [-0.4, -0.2) is 11.1 Å². The van der Waals surface area contributed by atoms with Crippen molar-refractivity contribution in [1.82, 2.24) is 0 Å². The van der Waals surface area contributed by atoms with Crippen LogP contribution < -0.4 is 5.63 Å². The first-order valence-electron chi connectivity index (χ1n) is 7.49. The fraction of sp³-hybridized carbons (Fsp3) is 0.625. The number of carboxylic acid groups (broad SMARTS) is 1. The molecule has 4 saturated carbocycles. The van der Waals surface area contributed by atoms with E-state index < -0.39 is 11.6 Å². The maximum Gasteiger partial charge on any atom is 0.350 e. The van der Waals surface area contributed by atoms with E-state index in [2.05, 4.69) is 0 Å². The van der Waals surface area contributed by atoms with Gasteiger partial charge in [0.05, 0.1) is 0 Å². The van der Waals surface area contributed by atoms with Gasteiger partial charge in [0.25, 0.3) is 0 Å². The minimum atomic E-state index is -1.21. The SMILES string of the molecule is O=C(O)c1ccc(C2C3CC4CC(C3)CC2C4)oc1=O. The molecule has 4 aliphatic carbocycles. The van der Waals surface area contributed by atoms with Crippen molar-refractivity contribution < 1.29 is 14.3 Å². The molecule has 4 heteroatoms. The number of hydrogen-bond donors (Lipinski definition) is 1. The zero-order valence-electron chi connectivity index (χ0n) is 11.2. The van der Waals surface area contributed by atoms with Gasteiger partial charge in [-0.1, -0.05) is 0 Å². The summed E-state index contributed by atoms with van der Waals surface area (Å²) in [6.45, 7) is 0. The van der Waals surface area contributed by atoms with Crippen LogP contribution in [0.1, 0.15) is 54.1 Å². The number of aromatic carboxylic acids is 1. The molecular weight excluding hydrogens is 256 g/mol. The highest BCUT2D eigenvalue weighted by Gasteiger charge is 2.49. The van der Waals surface area contributed by atoms with E-state index in [9.17, 15) is 9.59 Å². The van der Waals surface area contributed by atoms with Crippen molar-refractivity contribution in [2.45, 2.75) is 38.0 Å². The predicted molar refractivity (Wildman–Crippen MR) is 71.7 cm³/mol. The van der Waals surface area contributed by atoms with E-state index in [0.29, 0.717) is 23.5 Å². The van der Waals surface area contributed by atoms with Gasteiger partial charge in [-0.2, -0.15) is 0 Å². The third-order valence-electron chi connectivity index (χ3n) is 5.63. The molecule has 4 fully saturated rings. The van der Waals surface area contributed by atoms with Gasteiger partial charge in [-0.3, -0.25) is 0 Å². The molecule has 0 saturated heterocycles. The third kappa shape index (κ3) is 1.74. The highest BCUT2D eigenvalue weighted by atomic mass is 16.4. The van der Waals surface area contributed by atoms with Crippen LogP contribution in [0.15, 0.2) is 21.3 Å². The molecule has 0 aromatic carbocycles.